The Morgan fingerprint density at radius 1 is 1.25 bits per heavy atom. The lowest BCUT2D eigenvalue weighted by atomic mass is 9.71. The molecule has 4 heteroatoms. The molecule has 0 saturated carbocycles. The zero-order valence-electron chi connectivity index (χ0n) is 11.0. The largest absolute Gasteiger partial charge is 0.481 e. The van der Waals surface area contributed by atoms with Crippen molar-refractivity contribution in [1.82, 2.24) is 0 Å². The second-order valence-corrected chi connectivity index (χ2v) is 5.51. The zero-order valence-corrected chi connectivity index (χ0v) is 11.0. The van der Waals surface area contributed by atoms with Gasteiger partial charge in [-0.1, -0.05) is 6.92 Å². The van der Waals surface area contributed by atoms with E-state index in [1.54, 1.807) is 27.7 Å². The minimum atomic E-state index is -0.847. The van der Waals surface area contributed by atoms with Crippen LogP contribution in [0, 0.1) is 16.7 Å². The molecule has 94 valence electrons. The van der Waals surface area contributed by atoms with Crippen LogP contribution in [0.2, 0.25) is 0 Å². The molecule has 0 aromatic rings. The van der Waals surface area contributed by atoms with Crippen LogP contribution in [-0.4, -0.2) is 24.2 Å². The van der Waals surface area contributed by atoms with Crippen LogP contribution in [0.3, 0.4) is 0 Å². The van der Waals surface area contributed by atoms with E-state index in [-0.39, 0.29) is 11.9 Å². The van der Waals surface area contributed by atoms with Gasteiger partial charge in [-0.15, -0.1) is 0 Å². The van der Waals surface area contributed by atoms with Crippen molar-refractivity contribution in [2.45, 2.75) is 41.0 Å². The molecule has 0 aromatic heterocycles. The van der Waals surface area contributed by atoms with Gasteiger partial charge in [0.2, 0.25) is 0 Å². The van der Waals surface area contributed by atoms with Crippen LogP contribution in [0.15, 0.2) is 0 Å². The Labute approximate surface area is 97.0 Å². The number of aliphatic carboxylic acids is 1. The van der Waals surface area contributed by atoms with Gasteiger partial charge >= 0.3 is 11.9 Å². The highest BCUT2D eigenvalue weighted by Gasteiger charge is 2.39. The van der Waals surface area contributed by atoms with Crippen molar-refractivity contribution in [3.8, 4) is 0 Å². The van der Waals surface area contributed by atoms with Gasteiger partial charge in [0.1, 0.15) is 0 Å². The molecule has 0 heterocycles. The third kappa shape index (κ3) is 3.22. The molecule has 1 unspecified atom stereocenters. The maximum Gasteiger partial charge on any atom is 0.311 e. The molecule has 1 atom stereocenters. The molecule has 0 saturated heterocycles. The van der Waals surface area contributed by atoms with Crippen LogP contribution in [0.5, 0.6) is 0 Å². The van der Waals surface area contributed by atoms with Crippen molar-refractivity contribution in [2.75, 3.05) is 7.11 Å². The molecule has 0 aromatic carbocycles. The Morgan fingerprint density at radius 3 is 2.00 bits per heavy atom. The van der Waals surface area contributed by atoms with E-state index in [9.17, 15) is 9.59 Å². The molecule has 0 rings (SSSR count). The minimum Gasteiger partial charge on any atom is -0.481 e. The molecule has 4 nitrogen and oxygen atoms in total. The third-order valence-electron chi connectivity index (χ3n) is 3.34. The predicted octanol–water partition coefficient (Wildman–Crippen LogP) is 2.32. The topological polar surface area (TPSA) is 63.6 Å². The molecule has 0 aliphatic heterocycles. The van der Waals surface area contributed by atoms with E-state index in [0.29, 0.717) is 6.42 Å². The monoisotopic (exact) mass is 230 g/mol. The van der Waals surface area contributed by atoms with Crippen LogP contribution in [0.4, 0.5) is 0 Å². The van der Waals surface area contributed by atoms with Crippen LogP contribution >= 0.6 is 0 Å². The third-order valence-corrected chi connectivity index (χ3v) is 3.34. The summed E-state index contributed by atoms with van der Waals surface area (Å²) in [6.45, 7) is 8.74. The summed E-state index contributed by atoms with van der Waals surface area (Å²) in [6, 6.07) is 0. The molecule has 16 heavy (non-hydrogen) atoms. The summed E-state index contributed by atoms with van der Waals surface area (Å²) in [7, 11) is 1.34. The van der Waals surface area contributed by atoms with Crippen molar-refractivity contribution in [1.29, 1.82) is 0 Å². The summed E-state index contributed by atoms with van der Waals surface area (Å²) in [4.78, 5) is 22.6. The summed E-state index contributed by atoms with van der Waals surface area (Å²) in [5.41, 5.74) is -1.49. The Hall–Kier alpha value is -1.06. The molecule has 0 aliphatic carbocycles. The van der Waals surface area contributed by atoms with E-state index in [4.69, 9.17) is 9.84 Å². The Bertz CT molecular complexity index is 279. The quantitative estimate of drug-likeness (QED) is 0.736. The first-order valence-corrected chi connectivity index (χ1v) is 5.37. The number of carbonyl (C=O) groups excluding carboxylic acids is 1. The first-order chi connectivity index (χ1) is 7.05. The van der Waals surface area contributed by atoms with Crippen LogP contribution in [0.25, 0.3) is 0 Å². The molecule has 0 radical (unpaired) electrons. The molecule has 0 amide bonds. The highest BCUT2D eigenvalue weighted by atomic mass is 16.5. The highest BCUT2D eigenvalue weighted by Crippen LogP contribution is 2.37. The van der Waals surface area contributed by atoms with Crippen molar-refractivity contribution in [3.05, 3.63) is 0 Å². The number of hydrogen-bond donors (Lipinski definition) is 1. The highest BCUT2D eigenvalue weighted by molar-refractivity contribution is 5.76. The van der Waals surface area contributed by atoms with Gasteiger partial charge in [0.15, 0.2) is 0 Å². The fraction of sp³-hybridized carbons (Fsp3) is 0.833. The Balaban J connectivity index is 4.74. The minimum absolute atomic E-state index is 0.112. The molecule has 0 bridgehead atoms. The summed E-state index contributed by atoms with van der Waals surface area (Å²) >= 11 is 0. The number of hydrogen-bond acceptors (Lipinski definition) is 3. The SMILES string of the molecule is COC(=O)C(C)(C)CC(C)C(C)(C)C(=O)O. The van der Waals surface area contributed by atoms with Gasteiger partial charge in [-0.05, 0) is 40.0 Å². The summed E-state index contributed by atoms with van der Waals surface area (Å²) < 4.78 is 4.70. The van der Waals surface area contributed by atoms with Crippen LogP contribution in [0.1, 0.15) is 41.0 Å². The van der Waals surface area contributed by atoms with E-state index in [0.717, 1.165) is 0 Å². The average molecular weight is 230 g/mol. The van der Waals surface area contributed by atoms with Crippen molar-refractivity contribution >= 4 is 11.9 Å². The Morgan fingerprint density at radius 2 is 1.69 bits per heavy atom. The number of carboxylic acids is 1. The fourth-order valence-corrected chi connectivity index (χ4v) is 1.59. The van der Waals surface area contributed by atoms with Gasteiger partial charge in [-0.25, -0.2) is 0 Å². The fourth-order valence-electron chi connectivity index (χ4n) is 1.59. The van der Waals surface area contributed by atoms with E-state index in [2.05, 4.69) is 0 Å². The van der Waals surface area contributed by atoms with Crippen molar-refractivity contribution in [2.24, 2.45) is 16.7 Å². The van der Waals surface area contributed by atoms with Gasteiger partial charge in [0, 0.05) is 0 Å². The normalized spacial score (nSPS) is 14.4. The van der Waals surface area contributed by atoms with Crippen molar-refractivity contribution in [3.63, 3.8) is 0 Å². The van der Waals surface area contributed by atoms with Gasteiger partial charge in [-0.3, -0.25) is 9.59 Å². The van der Waals surface area contributed by atoms with Crippen LogP contribution < -0.4 is 0 Å². The average Bonchev–Trinajstić information content (AvgIpc) is 2.15. The second kappa shape index (κ2) is 4.85. The molecule has 0 aliphatic rings. The van der Waals surface area contributed by atoms with Crippen molar-refractivity contribution < 1.29 is 19.4 Å². The first kappa shape index (κ1) is 14.9. The smallest absolute Gasteiger partial charge is 0.311 e. The van der Waals surface area contributed by atoms with Gasteiger partial charge < -0.3 is 9.84 Å². The summed E-state index contributed by atoms with van der Waals surface area (Å²) in [6.07, 6.45) is 0.485. The number of esters is 1. The van der Waals surface area contributed by atoms with E-state index in [1.165, 1.54) is 7.11 Å². The Kier molecular flexibility index (Phi) is 4.53. The van der Waals surface area contributed by atoms with Gasteiger partial charge in [0.25, 0.3) is 0 Å². The number of carboxylic acid groups (broad SMARTS) is 1. The molecule has 0 spiro atoms. The number of carbonyl (C=O) groups is 2. The maximum atomic E-state index is 11.5. The number of rotatable bonds is 5. The van der Waals surface area contributed by atoms with E-state index < -0.39 is 16.8 Å². The lowest BCUT2D eigenvalue weighted by molar-refractivity contribution is -0.156. The maximum absolute atomic E-state index is 11.5. The first-order valence-electron chi connectivity index (χ1n) is 5.37. The second-order valence-electron chi connectivity index (χ2n) is 5.51. The van der Waals surface area contributed by atoms with E-state index >= 15 is 0 Å². The van der Waals surface area contributed by atoms with Crippen LogP contribution in [-0.2, 0) is 14.3 Å². The lowest BCUT2D eigenvalue weighted by Crippen LogP contribution is -2.36. The standard InChI is InChI=1S/C12H22O4/c1-8(12(4,5)9(13)14)7-11(2,3)10(15)16-6/h8H,7H2,1-6H3,(H,13,14). The number of methoxy groups -OCH3 is 1. The zero-order chi connectivity index (χ0) is 13.1. The summed E-state index contributed by atoms with van der Waals surface area (Å²) in [5.74, 6) is -1.26. The summed E-state index contributed by atoms with van der Waals surface area (Å²) in [5, 5.41) is 9.09. The number of ether oxygens (including phenoxy) is 1. The molecular weight excluding hydrogens is 208 g/mol. The van der Waals surface area contributed by atoms with Gasteiger partial charge in [0.05, 0.1) is 17.9 Å². The molecule has 1 N–H and O–H groups in total. The predicted molar refractivity (Wildman–Crippen MR) is 61.0 cm³/mol. The lowest BCUT2D eigenvalue weighted by Gasteiger charge is -2.32. The molecule has 0 fully saturated rings. The van der Waals surface area contributed by atoms with Gasteiger partial charge in [-0.2, -0.15) is 0 Å². The molecular formula is C12H22O4. The van der Waals surface area contributed by atoms with E-state index in [1.807, 2.05) is 6.92 Å².